The number of alkyl halides is 2. The minimum atomic E-state index is -3.01. The Kier molecular flexibility index (Phi) is 5.16. The Morgan fingerprint density at radius 1 is 1.48 bits per heavy atom. The van der Waals surface area contributed by atoms with E-state index in [1.807, 2.05) is 6.07 Å². The summed E-state index contributed by atoms with van der Waals surface area (Å²) in [6.45, 7) is 4.85. The highest BCUT2D eigenvalue weighted by molar-refractivity contribution is 5.68. The zero-order valence-corrected chi connectivity index (χ0v) is 14.7. The fraction of sp³-hybridized carbons (Fsp3) is 0.588. The van der Waals surface area contributed by atoms with Crippen molar-refractivity contribution < 1.29 is 23.0 Å². The van der Waals surface area contributed by atoms with Crippen molar-refractivity contribution in [3.05, 3.63) is 23.4 Å². The Balaban J connectivity index is 2.28. The third kappa shape index (κ3) is 4.35. The van der Waals surface area contributed by atoms with Crippen molar-refractivity contribution in [2.45, 2.75) is 44.6 Å². The molecule has 1 unspecified atom stereocenters. The first-order chi connectivity index (χ1) is 11.6. The summed E-state index contributed by atoms with van der Waals surface area (Å²) in [4.78, 5) is 17.4. The van der Waals surface area contributed by atoms with Gasteiger partial charge in [0.25, 0.3) is 5.92 Å². The molecular formula is C17H21F2N3O3. The van der Waals surface area contributed by atoms with E-state index in [-0.39, 0.29) is 30.1 Å². The van der Waals surface area contributed by atoms with E-state index < -0.39 is 30.0 Å². The molecule has 6 nitrogen and oxygen atoms in total. The second-order valence-corrected chi connectivity index (χ2v) is 6.93. The molecule has 136 valence electrons. The van der Waals surface area contributed by atoms with E-state index in [9.17, 15) is 13.6 Å². The number of piperidine rings is 1. The molecule has 0 aliphatic carbocycles. The summed E-state index contributed by atoms with van der Waals surface area (Å²) in [5.41, 5.74) is -0.442. The fourth-order valence-electron chi connectivity index (χ4n) is 2.65. The monoisotopic (exact) mass is 353 g/mol. The fourth-order valence-corrected chi connectivity index (χ4v) is 2.65. The van der Waals surface area contributed by atoms with Gasteiger partial charge in [0.15, 0.2) is 0 Å². The van der Waals surface area contributed by atoms with Crippen molar-refractivity contribution in [2.24, 2.45) is 0 Å². The number of carbonyl (C=O) groups is 1. The molecule has 1 atom stereocenters. The second-order valence-electron chi connectivity index (χ2n) is 6.93. The SMILES string of the molecule is COc1ncc(C2CN(C(=O)OC(C)(C)C)CCC2(F)F)cc1C#N. The van der Waals surface area contributed by atoms with Crippen LogP contribution in [0.3, 0.4) is 0 Å². The summed E-state index contributed by atoms with van der Waals surface area (Å²) in [5.74, 6) is -4.20. The molecule has 0 saturated carbocycles. The molecule has 8 heteroatoms. The number of carbonyl (C=O) groups excluding carboxylic acids is 1. The summed E-state index contributed by atoms with van der Waals surface area (Å²) in [5, 5.41) is 9.13. The van der Waals surface area contributed by atoms with Gasteiger partial charge in [0.2, 0.25) is 5.88 Å². The lowest BCUT2D eigenvalue weighted by molar-refractivity contribution is -0.0771. The third-order valence-electron chi connectivity index (χ3n) is 3.87. The lowest BCUT2D eigenvalue weighted by Gasteiger charge is -2.39. The highest BCUT2D eigenvalue weighted by Crippen LogP contribution is 2.41. The Morgan fingerprint density at radius 3 is 2.72 bits per heavy atom. The first-order valence-electron chi connectivity index (χ1n) is 7.87. The number of likely N-dealkylation sites (tertiary alicyclic amines) is 1. The molecule has 1 aromatic heterocycles. The van der Waals surface area contributed by atoms with E-state index in [1.165, 1.54) is 24.3 Å². The number of rotatable bonds is 2. The Labute approximate surface area is 145 Å². The lowest BCUT2D eigenvalue weighted by Crippen LogP contribution is -2.49. The van der Waals surface area contributed by atoms with Gasteiger partial charge >= 0.3 is 6.09 Å². The Morgan fingerprint density at radius 2 is 2.16 bits per heavy atom. The third-order valence-corrected chi connectivity index (χ3v) is 3.87. The molecular weight excluding hydrogens is 332 g/mol. The van der Waals surface area contributed by atoms with Gasteiger partial charge in [-0.25, -0.2) is 18.6 Å². The number of nitriles is 1. The lowest BCUT2D eigenvalue weighted by atomic mass is 9.87. The summed E-state index contributed by atoms with van der Waals surface area (Å²) >= 11 is 0. The molecule has 1 aliphatic heterocycles. The van der Waals surface area contributed by atoms with Crippen LogP contribution in [0.2, 0.25) is 0 Å². The molecule has 0 bridgehead atoms. The second kappa shape index (κ2) is 6.82. The number of methoxy groups -OCH3 is 1. The minimum Gasteiger partial charge on any atom is -0.480 e. The van der Waals surface area contributed by atoms with Crippen molar-refractivity contribution in [3.8, 4) is 11.9 Å². The maximum atomic E-state index is 14.4. The van der Waals surface area contributed by atoms with Crippen LogP contribution >= 0.6 is 0 Å². The molecule has 2 heterocycles. The van der Waals surface area contributed by atoms with E-state index in [4.69, 9.17) is 14.7 Å². The molecule has 1 amide bonds. The highest BCUT2D eigenvalue weighted by atomic mass is 19.3. The number of pyridine rings is 1. The van der Waals surface area contributed by atoms with E-state index in [1.54, 1.807) is 20.8 Å². The summed E-state index contributed by atoms with van der Waals surface area (Å²) < 4.78 is 39.1. The number of ether oxygens (including phenoxy) is 2. The van der Waals surface area contributed by atoms with Crippen LogP contribution < -0.4 is 4.74 Å². The number of aromatic nitrogens is 1. The average Bonchev–Trinajstić information content (AvgIpc) is 2.52. The summed E-state index contributed by atoms with van der Waals surface area (Å²) in [7, 11) is 1.35. The number of nitrogens with zero attached hydrogens (tertiary/aromatic N) is 3. The van der Waals surface area contributed by atoms with Crippen molar-refractivity contribution >= 4 is 6.09 Å². The molecule has 1 aromatic rings. The van der Waals surface area contributed by atoms with E-state index >= 15 is 0 Å². The van der Waals surface area contributed by atoms with Gasteiger partial charge in [-0.1, -0.05) is 0 Å². The summed E-state index contributed by atoms with van der Waals surface area (Å²) in [6.07, 6.45) is 0.150. The minimum absolute atomic E-state index is 0.0743. The molecule has 0 spiro atoms. The Bertz CT molecular complexity index is 695. The van der Waals surface area contributed by atoms with Gasteiger partial charge in [-0.15, -0.1) is 0 Å². The molecule has 1 aliphatic rings. The van der Waals surface area contributed by atoms with E-state index in [0.717, 1.165) is 0 Å². The van der Waals surface area contributed by atoms with Gasteiger partial charge in [-0.05, 0) is 32.4 Å². The van der Waals surface area contributed by atoms with Gasteiger partial charge in [0.05, 0.1) is 13.0 Å². The van der Waals surface area contributed by atoms with Crippen LogP contribution in [0, 0.1) is 11.3 Å². The molecule has 0 aromatic carbocycles. The van der Waals surface area contributed by atoms with Gasteiger partial charge in [-0.2, -0.15) is 5.26 Å². The molecule has 1 saturated heterocycles. The number of hydrogen-bond donors (Lipinski definition) is 0. The van der Waals surface area contributed by atoms with Crippen LogP contribution in [-0.4, -0.2) is 47.7 Å². The largest absolute Gasteiger partial charge is 0.480 e. The van der Waals surface area contributed by atoms with Crippen LogP contribution in [0.5, 0.6) is 5.88 Å². The maximum absolute atomic E-state index is 14.4. The normalized spacial score (nSPS) is 19.9. The standard InChI is InChI=1S/C17H21F2N3O3/c1-16(2,3)25-15(23)22-6-5-17(18,19)13(10-22)12-7-11(8-20)14(24-4)21-9-12/h7,9,13H,5-6,10H2,1-4H3. The first kappa shape index (κ1) is 18.9. The highest BCUT2D eigenvalue weighted by Gasteiger charge is 2.47. The topological polar surface area (TPSA) is 75.4 Å². The van der Waals surface area contributed by atoms with Crippen LogP contribution in [-0.2, 0) is 4.74 Å². The smallest absolute Gasteiger partial charge is 0.410 e. The van der Waals surface area contributed by atoms with Crippen LogP contribution in [0.1, 0.15) is 44.2 Å². The van der Waals surface area contributed by atoms with Crippen molar-refractivity contribution in [2.75, 3.05) is 20.2 Å². The van der Waals surface area contributed by atoms with Crippen molar-refractivity contribution in [1.29, 1.82) is 5.26 Å². The van der Waals surface area contributed by atoms with Crippen molar-refractivity contribution in [3.63, 3.8) is 0 Å². The Hall–Kier alpha value is -2.43. The van der Waals surface area contributed by atoms with Crippen LogP contribution in [0.4, 0.5) is 13.6 Å². The number of halogens is 2. The predicted octanol–water partition coefficient (Wildman–Crippen LogP) is 3.32. The molecule has 25 heavy (non-hydrogen) atoms. The van der Waals surface area contributed by atoms with Crippen LogP contribution in [0.15, 0.2) is 12.3 Å². The molecule has 0 radical (unpaired) electrons. The molecule has 0 N–H and O–H groups in total. The number of hydrogen-bond acceptors (Lipinski definition) is 5. The summed E-state index contributed by atoms with van der Waals surface area (Å²) in [6, 6.07) is 3.22. The molecule has 1 fully saturated rings. The van der Waals surface area contributed by atoms with E-state index in [2.05, 4.69) is 4.98 Å². The van der Waals surface area contributed by atoms with Gasteiger partial charge in [-0.3, -0.25) is 0 Å². The van der Waals surface area contributed by atoms with Crippen LogP contribution in [0.25, 0.3) is 0 Å². The van der Waals surface area contributed by atoms with Crippen molar-refractivity contribution in [1.82, 2.24) is 9.88 Å². The zero-order chi connectivity index (χ0) is 18.8. The quantitative estimate of drug-likeness (QED) is 0.815. The first-order valence-corrected chi connectivity index (χ1v) is 7.87. The van der Waals surface area contributed by atoms with E-state index in [0.29, 0.717) is 0 Å². The number of amides is 1. The van der Waals surface area contributed by atoms with Gasteiger partial charge < -0.3 is 14.4 Å². The maximum Gasteiger partial charge on any atom is 0.410 e. The van der Waals surface area contributed by atoms with Gasteiger partial charge in [0.1, 0.15) is 17.2 Å². The zero-order valence-electron chi connectivity index (χ0n) is 14.7. The van der Waals surface area contributed by atoms with Gasteiger partial charge in [0, 0.05) is 25.7 Å². The molecule has 2 rings (SSSR count). The predicted molar refractivity (Wildman–Crippen MR) is 85.6 cm³/mol. The average molecular weight is 353 g/mol.